The lowest BCUT2D eigenvalue weighted by Crippen LogP contribution is -2.35. The van der Waals surface area contributed by atoms with E-state index in [1.165, 1.54) is 31.4 Å². The Balaban J connectivity index is 1.62. The van der Waals surface area contributed by atoms with Gasteiger partial charge in [0.25, 0.3) is 0 Å². The lowest BCUT2D eigenvalue weighted by atomic mass is 9.99. The van der Waals surface area contributed by atoms with Crippen molar-refractivity contribution >= 4 is 11.6 Å². The molecule has 2 aliphatic rings. The first-order chi connectivity index (χ1) is 9.72. The van der Waals surface area contributed by atoms with Crippen molar-refractivity contribution in [2.24, 2.45) is 11.8 Å². The molecule has 0 spiro atoms. The second-order valence-corrected chi connectivity index (χ2v) is 6.58. The maximum atomic E-state index is 4.59. The van der Waals surface area contributed by atoms with Crippen LogP contribution in [0.4, 0.5) is 11.6 Å². The van der Waals surface area contributed by atoms with Gasteiger partial charge in [0.2, 0.25) is 5.95 Å². The van der Waals surface area contributed by atoms with Gasteiger partial charge in [-0.2, -0.15) is 0 Å². The lowest BCUT2D eigenvalue weighted by Gasteiger charge is -2.33. The first-order valence-electron chi connectivity index (χ1n) is 8.04. The Hall–Kier alpha value is -1.32. The van der Waals surface area contributed by atoms with Crippen LogP contribution in [0.3, 0.4) is 0 Å². The van der Waals surface area contributed by atoms with E-state index in [1.54, 1.807) is 0 Å². The molecule has 2 fully saturated rings. The molecule has 20 heavy (non-hydrogen) atoms. The van der Waals surface area contributed by atoms with Gasteiger partial charge < -0.3 is 9.80 Å². The summed E-state index contributed by atoms with van der Waals surface area (Å²) in [6, 6.07) is 0. The van der Waals surface area contributed by atoms with Gasteiger partial charge in [-0.3, -0.25) is 0 Å². The van der Waals surface area contributed by atoms with E-state index >= 15 is 0 Å². The first-order valence-corrected chi connectivity index (χ1v) is 8.04. The summed E-state index contributed by atoms with van der Waals surface area (Å²) in [4.78, 5) is 13.9. The molecular formula is C16H26N4. The SMILES string of the molecule is CC1CCN(c2cnc(N3CCC(C)CC3)nc2)CC1. The van der Waals surface area contributed by atoms with Gasteiger partial charge in [0.15, 0.2) is 0 Å². The molecule has 0 bridgehead atoms. The average Bonchev–Trinajstić information content (AvgIpc) is 2.49. The monoisotopic (exact) mass is 274 g/mol. The van der Waals surface area contributed by atoms with E-state index in [0.717, 1.165) is 44.0 Å². The number of piperidine rings is 2. The Kier molecular flexibility index (Phi) is 4.08. The zero-order chi connectivity index (χ0) is 13.9. The fourth-order valence-corrected chi connectivity index (χ4v) is 3.12. The number of hydrogen-bond donors (Lipinski definition) is 0. The third-order valence-corrected chi connectivity index (χ3v) is 4.84. The van der Waals surface area contributed by atoms with Crippen LogP contribution in [0, 0.1) is 11.8 Å². The third-order valence-electron chi connectivity index (χ3n) is 4.84. The molecule has 0 atom stereocenters. The van der Waals surface area contributed by atoms with Gasteiger partial charge in [-0.25, -0.2) is 9.97 Å². The lowest BCUT2D eigenvalue weighted by molar-refractivity contribution is 0.433. The minimum atomic E-state index is 0.848. The number of anilines is 2. The van der Waals surface area contributed by atoms with Gasteiger partial charge in [0.05, 0.1) is 18.1 Å². The van der Waals surface area contributed by atoms with Crippen LogP contribution >= 0.6 is 0 Å². The smallest absolute Gasteiger partial charge is 0.225 e. The van der Waals surface area contributed by atoms with Gasteiger partial charge in [-0.05, 0) is 37.5 Å². The molecule has 3 rings (SSSR count). The molecule has 0 unspecified atom stereocenters. The van der Waals surface area contributed by atoms with Crippen molar-refractivity contribution in [3.63, 3.8) is 0 Å². The van der Waals surface area contributed by atoms with E-state index < -0.39 is 0 Å². The summed E-state index contributed by atoms with van der Waals surface area (Å²) in [5.41, 5.74) is 1.19. The summed E-state index contributed by atoms with van der Waals surface area (Å²) < 4.78 is 0. The predicted molar refractivity (Wildman–Crippen MR) is 83.3 cm³/mol. The fourth-order valence-electron chi connectivity index (χ4n) is 3.12. The Morgan fingerprint density at radius 1 is 0.800 bits per heavy atom. The van der Waals surface area contributed by atoms with Gasteiger partial charge in [-0.15, -0.1) is 0 Å². The molecule has 2 saturated heterocycles. The van der Waals surface area contributed by atoms with E-state index in [9.17, 15) is 0 Å². The van der Waals surface area contributed by atoms with Crippen molar-refractivity contribution in [2.75, 3.05) is 36.0 Å². The van der Waals surface area contributed by atoms with E-state index in [4.69, 9.17) is 0 Å². The van der Waals surface area contributed by atoms with Crippen LogP contribution < -0.4 is 9.80 Å². The second kappa shape index (κ2) is 5.98. The van der Waals surface area contributed by atoms with Crippen LogP contribution in [0.15, 0.2) is 12.4 Å². The third kappa shape index (κ3) is 3.05. The van der Waals surface area contributed by atoms with Crippen LogP contribution in [-0.2, 0) is 0 Å². The van der Waals surface area contributed by atoms with E-state index in [-0.39, 0.29) is 0 Å². The minimum Gasteiger partial charge on any atom is -0.369 e. The Labute approximate surface area is 122 Å². The highest BCUT2D eigenvalue weighted by atomic mass is 15.3. The van der Waals surface area contributed by atoms with Crippen molar-refractivity contribution in [2.45, 2.75) is 39.5 Å². The molecule has 0 aromatic carbocycles. The molecule has 4 nitrogen and oxygen atoms in total. The van der Waals surface area contributed by atoms with Gasteiger partial charge in [0.1, 0.15) is 0 Å². The molecule has 1 aromatic rings. The fraction of sp³-hybridized carbons (Fsp3) is 0.750. The summed E-state index contributed by atoms with van der Waals surface area (Å²) in [7, 11) is 0. The number of hydrogen-bond acceptors (Lipinski definition) is 4. The van der Waals surface area contributed by atoms with Crippen LogP contribution in [0.1, 0.15) is 39.5 Å². The van der Waals surface area contributed by atoms with Gasteiger partial charge in [0, 0.05) is 26.2 Å². The predicted octanol–water partition coefficient (Wildman–Crippen LogP) is 2.95. The van der Waals surface area contributed by atoms with Crippen molar-refractivity contribution < 1.29 is 0 Å². The summed E-state index contributed by atoms with van der Waals surface area (Å²) in [5, 5.41) is 0. The van der Waals surface area contributed by atoms with Crippen molar-refractivity contribution in [1.29, 1.82) is 0 Å². The molecule has 4 heteroatoms. The highest BCUT2D eigenvalue weighted by molar-refractivity contribution is 5.45. The molecule has 0 aliphatic carbocycles. The quantitative estimate of drug-likeness (QED) is 0.830. The van der Waals surface area contributed by atoms with E-state index in [2.05, 4.69) is 33.6 Å². The van der Waals surface area contributed by atoms with E-state index in [1.807, 2.05) is 12.4 Å². The second-order valence-electron chi connectivity index (χ2n) is 6.58. The maximum absolute atomic E-state index is 4.59. The highest BCUT2D eigenvalue weighted by Crippen LogP contribution is 2.24. The summed E-state index contributed by atoms with van der Waals surface area (Å²) in [6.07, 6.45) is 9.11. The largest absolute Gasteiger partial charge is 0.369 e. The number of nitrogens with zero attached hydrogens (tertiary/aromatic N) is 4. The van der Waals surface area contributed by atoms with Crippen LogP contribution in [0.25, 0.3) is 0 Å². The van der Waals surface area contributed by atoms with Crippen molar-refractivity contribution in [3.05, 3.63) is 12.4 Å². The molecule has 0 N–H and O–H groups in total. The molecule has 110 valence electrons. The molecule has 0 amide bonds. The van der Waals surface area contributed by atoms with E-state index in [0.29, 0.717) is 0 Å². The summed E-state index contributed by atoms with van der Waals surface area (Å²) in [6.45, 7) is 9.16. The van der Waals surface area contributed by atoms with Crippen molar-refractivity contribution in [1.82, 2.24) is 9.97 Å². The summed E-state index contributed by atoms with van der Waals surface area (Å²) >= 11 is 0. The summed E-state index contributed by atoms with van der Waals surface area (Å²) in [5.74, 6) is 2.62. The van der Waals surface area contributed by atoms with Crippen LogP contribution in [-0.4, -0.2) is 36.1 Å². The topological polar surface area (TPSA) is 32.3 Å². The molecular weight excluding hydrogens is 248 g/mol. The highest BCUT2D eigenvalue weighted by Gasteiger charge is 2.19. The molecule has 0 saturated carbocycles. The number of aromatic nitrogens is 2. The normalized spacial score (nSPS) is 22.3. The Bertz CT molecular complexity index is 374. The average molecular weight is 274 g/mol. The Morgan fingerprint density at radius 3 is 1.75 bits per heavy atom. The maximum Gasteiger partial charge on any atom is 0.225 e. The van der Waals surface area contributed by atoms with Gasteiger partial charge in [-0.1, -0.05) is 13.8 Å². The molecule has 0 radical (unpaired) electrons. The molecule has 2 aliphatic heterocycles. The molecule has 3 heterocycles. The Morgan fingerprint density at radius 2 is 1.25 bits per heavy atom. The van der Waals surface area contributed by atoms with Crippen LogP contribution in [0.2, 0.25) is 0 Å². The minimum absolute atomic E-state index is 0.848. The zero-order valence-corrected chi connectivity index (χ0v) is 12.8. The number of rotatable bonds is 2. The first kappa shape index (κ1) is 13.7. The standard InChI is InChI=1S/C16H26N4/c1-13-3-7-19(8-4-13)15-11-17-16(18-12-15)20-9-5-14(2)6-10-20/h11-14H,3-10H2,1-2H3. The van der Waals surface area contributed by atoms with Crippen LogP contribution in [0.5, 0.6) is 0 Å². The zero-order valence-electron chi connectivity index (χ0n) is 12.8. The van der Waals surface area contributed by atoms with Crippen molar-refractivity contribution in [3.8, 4) is 0 Å². The molecule has 1 aromatic heterocycles. The van der Waals surface area contributed by atoms with Gasteiger partial charge >= 0.3 is 0 Å².